The monoisotopic (exact) mass is 758 g/mol. The van der Waals surface area contributed by atoms with Crippen LogP contribution in [0.3, 0.4) is 0 Å². The highest BCUT2D eigenvalue weighted by Gasteiger charge is 2.24. The van der Waals surface area contributed by atoms with Crippen molar-refractivity contribution in [3.8, 4) is 0 Å². The minimum absolute atomic E-state index is 0.222. The van der Waals surface area contributed by atoms with Crippen LogP contribution in [0, 0.1) is 0 Å². The van der Waals surface area contributed by atoms with Gasteiger partial charge in [0.25, 0.3) is 0 Å². The molecule has 1 amide bonds. The molecule has 0 radical (unpaired) electrons. The largest absolute Gasteiger partial charge is 0.469 e. The van der Waals surface area contributed by atoms with Gasteiger partial charge in [-0.15, -0.1) is 0 Å². The third kappa shape index (κ3) is 40.5. The Morgan fingerprint density at radius 1 is 0.538 bits per heavy atom. The van der Waals surface area contributed by atoms with E-state index in [-0.39, 0.29) is 5.91 Å². The van der Waals surface area contributed by atoms with Crippen LogP contribution in [0.1, 0.15) is 245 Å². The molecular formula is C44H88NO6P. The predicted molar refractivity (Wildman–Crippen MR) is 223 cm³/mol. The quantitative estimate of drug-likeness (QED) is 0.0280. The highest BCUT2D eigenvalue weighted by molar-refractivity contribution is 7.46. The molecule has 0 saturated heterocycles. The van der Waals surface area contributed by atoms with Crippen LogP contribution in [0.5, 0.6) is 0 Å². The number of aliphatic hydroxyl groups excluding tert-OH is 1. The highest BCUT2D eigenvalue weighted by Crippen LogP contribution is 2.35. The Balaban J connectivity index is 3.82. The van der Waals surface area contributed by atoms with Crippen molar-refractivity contribution < 1.29 is 28.8 Å². The molecule has 0 aliphatic heterocycles. The van der Waals surface area contributed by atoms with Crippen molar-refractivity contribution in [1.29, 1.82) is 0 Å². The fourth-order valence-electron chi connectivity index (χ4n) is 7.05. The summed E-state index contributed by atoms with van der Waals surface area (Å²) in [5, 5.41) is 13.4. The molecule has 4 N–H and O–H groups in total. The van der Waals surface area contributed by atoms with Crippen LogP contribution >= 0.6 is 7.82 Å². The maximum Gasteiger partial charge on any atom is 0.469 e. The zero-order chi connectivity index (χ0) is 38.2. The molecule has 0 heterocycles. The molecule has 0 fully saturated rings. The van der Waals surface area contributed by atoms with Crippen LogP contribution in [-0.2, 0) is 13.9 Å². The van der Waals surface area contributed by atoms with Gasteiger partial charge in [-0.1, -0.05) is 231 Å². The SMILES string of the molecule is CCCCCCCCCCCCC/C=C/[C@@H](O)[C@H](COP(=O)(O)O)NC(=O)CCCCCCCCCCCCCCCCCCCCCCCCC. The average Bonchev–Trinajstić information content (AvgIpc) is 3.11. The van der Waals surface area contributed by atoms with Gasteiger partial charge in [-0.3, -0.25) is 9.32 Å². The van der Waals surface area contributed by atoms with Gasteiger partial charge in [-0.2, -0.15) is 0 Å². The summed E-state index contributed by atoms with van der Waals surface area (Å²) in [6, 6.07) is -0.904. The van der Waals surface area contributed by atoms with Crippen LogP contribution < -0.4 is 5.32 Å². The van der Waals surface area contributed by atoms with Gasteiger partial charge in [0.1, 0.15) is 0 Å². The normalized spacial score (nSPS) is 13.2. The molecule has 0 saturated carbocycles. The second-order valence-corrected chi connectivity index (χ2v) is 17.0. The van der Waals surface area contributed by atoms with E-state index in [1.165, 1.54) is 186 Å². The highest BCUT2D eigenvalue weighted by atomic mass is 31.2. The number of carbonyl (C=O) groups is 1. The van der Waals surface area contributed by atoms with Crippen molar-refractivity contribution in [2.24, 2.45) is 0 Å². The van der Waals surface area contributed by atoms with Crippen molar-refractivity contribution in [2.45, 2.75) is 257 Å². The summed E-state index contributed by atoms with van der Waals surface area (Å²) in [6.07, 6.45) is 48.2. The maximum atomic E-state index is 12.6. The van der Waals surface area contributed by atoms with Crippen molar-refractivity contribution in [3.63, 3.8) is 0 Å². The van der Waals surface area contributed by atoms with E-state index in [1.54, 1.807) is 6.08 Å². The van der Waals surface area contributed by atoms with E-state index in [4.69, 9.17) is 9.79 Å². The zero-order valence-corrected chi connectivity index (χ0v) is 35.4. The van der Waals surface area contributed by atoms with Crippen LogP contribution in [0.2, 0.25) is 0 Å². The number of hydrogen-bond acceptors (Lipinski definition) is 4. The molecular weight excluding hydrogens is 669 g/mol. The van der Waals surface area contributed by atoms with Gasteiger partial charge in [0.15, 0.2) is 0 Å². The second-order valence-electron chi connectivity index (χ2n) is 15.7. The summed E-state index contributed by atoms with van der Waals surface area (Å²) in [7, 11) is -4.71. The molecule has 0 unspecified atom stereocenters. The van der Waals surface area contributed by atoms with Crippen LogP contribution in [0.25, 0.3) is 0 Å². The first kappa shape index (κ1) is 51.3. The van der Waals surface area contributed by atoms with Gasteiger partial charge in [0.2, 0.25) is 5.91 Å². The van der Waals surface area contributed by atoms with Gasteiger partial charge in [0.05, 0.1) is 18.8 Å². The number of phosphoric acid groups is 1. The first-order valence-corrected chi connectivity index (χ1v) is 24.2. The van der Waals surface area contributed by atoms with E-state index in [1.807, 2.05) is 6.08 Å². The van der Waals surface area contributed by atoms with Gasteiger partial charge in [0, 0.05) is 6.42 Å². The fraction of sp³-hybridized carbons (Fsp3) is 0.932. The van der Waals surface area contributed by atoms with E-state index < -0.39 is 26.6 Å². The second kappa shape index (κ2) is 40.0. The van der Waals surface area contributed by atoms with Crippen LogP contribution in [-0.4, -0.2) is 39.6 Å². The van der Waals surface area contributed by atoms with Gasteiger partial charge >= 0.3 is 7.82 Å². The van der Waals surface area contributed by atoms with Crippen molar-refractivity contribution >= 4 is 13.7 Å². The van der Waals surface area contributed by atoms with E-state index >= 15 is 0 Å². The van der Waals surface area contributed by atoms with E-state index in [0.717, 1.165) is 38.5 Å². The van der Waals surface area contributed by atoms with Gasteiger partial charge in [-0.25, -0.2) is 4.57 Å². The average molecular weight is 758 g/mol. The smallest absolute Gasteiger partial charge is 0.387 e. The van der Waals surface area contributed by atoms with E-state index in [0.29, 0.717) is 6.42 Å². The summed E-state index contributed by atoms with van der Waals surface area (Å²) in [5.74, 6) is -0.222. The Bertz CT molecular complexity index is 819. The summed E-state index contributed by atoms with van der Waals surface area (Å²) in [4.78, 5) is 30.9. The fourth-order valence-corrected chi connectivity index (χ4v) is 7.40. The molecule has 0 rings (SSSR count). The molecule has 310 valence electrons. The summed E-state index contributed by atoms with van der Waals surface area (Å²) >= 11 is 0. The Morgan fingerprint density at radius 3 is 1.17 bits per heavy atom. The van der Waals surface area contributed by atoms with Crippen LogP contribution in [0.4, 0.5) is 0 Å². The molecule has 7 nitrogen and oxygen atoms in total. The third-order valence-electron chi connectivity index (χ3n) is 10.5. The number of nitrogens with one attached hydrogen (secondary N) is 1. The lowest BCUT2D eigenvalue weighted by atomic mass is 10.0. The topological polar surface area (TPSA) is 116 Å². The maximum absolute atomic E-state index is 12.6. The number of unbranched alkanes of at least 4 members (excludes halogenated alkanes) is 33. The Kier molecular flexibility index (Phi) is 39.4. The Labute approximate surface area is 322 Å². The Morgan fingerprint density at radius 2 is 0.846 bits per heavy atom. The molecule has 2 atom stereocenters. The molecule has 0 aromatic heterocycles. The predicted octanol–water partition coefficient (Wildman–Crippen LogP) is 13.6. The molecule has 0 spiro atoms. The number of phosphoric ester groups is 1. The van der Waals surface area contributed by atoms with Crippen molar-refractivity contribution in [2.75, 3.05) is 6.61 Å². The lowest BCUT2D eigenvalue weighted by molar-refractivity contribution is -0.123. The number of rotatable bonds is 42. The molecule has 0 aliphatic rings. The standard InChI is InChI=1S/C44H88NO6P/c1-3-5-7-9-11-13-15-17-18-19-20-21-22-23-24-25-26-28-30-32-34-36-38-40-44(47)45-42(41-51-52(48,49)50)43(46)39-37-35-33-31-29-27-16-14-12-10-8-6-4-2/h37,39,42-43,46H,3-36,38,40-41H2,1-2H3,(H,45,47)(H2,48,49,50)/b39-37+/t42-,43+/m0/s1. The lowest BCUT2D eigenvalue weighted by Gasteiger charge is -2.22. The minimum atomic E-state index is -4.71. The van der Waals surface area contributed by atoms with Gasteiger partial charge in [-0.05, 0) is 19.3 Å². The summed E-state index contributed by atoms with van der Waals surface area (Å²) in [6.45, 7) is 4.09. The summed E-state index contributed by atoms with van der Waals surface area (Å²) < 4.78 is 15.9. The number of amides is 1. The number of carbonyl (C=O) groups excluding carboxylic acids is 1. The molecule has 8 heteroatoms. The van der Waals surface area contributed by atoms with Gasteiger partial charge < -0.3 is 20.2 Å². The number of aliphatic hydroxyl groups is 1. The molecule has 0 aliphatic carbocycles. The zero-order valence-electron chi connectivity index (χ0n) is 34.5. The number of allylic oxidation sites excluding steroid dienone is 1. The molecule has 0 aromatic rings. The number of hydrogen-bond donors (Lipinski definition) is 4. The Hall–Kier alpha value is -0.720. The molecule has 0 aromatic carbocycles. The molecule has 52 heavy (non-hydrogen) atoms. The van der Waals surface area contributed by atoms with Crippen molar-refractivity contribution in [3.05, 3.63) is 12.2 Å². The van der Waals surface area contributed by atoms with E-state index in [9.17, 15) is 14.5 Å². The lowest BCUT2D eigenvalue weighted by Crippen LogP contribution is -2.45. The summed E-state index contributed by atoms with van der Waals surface area (Å²) in [5.41, 5.74) is 0. The first-order valence-electron chi connectivity index (χ1n) is 22.6. The molecule has 0 bridgehead atoms. The first-order chi connectivity index (χ1) is 25.3. The van der Waals surface area contributed by atoms with Crippen LogP contribution in [0.15, 0.2) is 12.2 Å². The third-order valence-corrected chi connectivity index (χ3v) is 11.0. The van der Waals surface area contributed by atoms with Crippen molar-refractivity contribution in [1.82, 2.24) is 5.32 Å². The van der Waals surface area contributed by atoms with E-state index in [2.05, 4.69) is 23.7 Å². The minimum Gasteiger partial charge on any atom is -0.387 e.